The van der Waals surface area contributed by atoms with Crippen LogP contribution in [0.2, 0.25) is 0 Å². The van der Waals surface area contributed by atoms with Crippen molar-refractivity contribution in [3.05, 3.63) is 76.3 Å². The van der Waals surface area contributed by atoms with E-state index in [9.17, 15) is 4.79 Å². The smallest absolute Gasteiger partial charge is 0.338 e. The molecule has 0 fully saturated rings. The Morgan fingerprint density at radius 1 is 0.632 bits per heavy atom. The van der Waals surface area contributed by atoms with Crippen LogP contribution in [-0.2, 0) is 30.4 Å². The number of hydrogen-bond acceptors (Lipinski definition) is 7. The predicted molar refractivity (Wildman–Crippen MR) is 147 cm³/mol. The molecule has 0 N–H and O–H groups in total. The molecule has 0 spiro atoms. The average molecular weight is 523 g/mol. The minimum atomic E-state index is -0.396. The lowest BCUT2D eigenvalue weighted by molar-refractivity contribution is 0.0501. The Bertz CT molecular complexity index is 1140. The van der Waals surface area contributed by atoms with Crippen LogP contribution in [0.3, 0.4) is 0 Å². The maximum absolute atomic E-state index is 13.6. The van der Waals surface area contributed by atoms with Gasteiger partial charge in [-0.05, 0) is 67.5 Å². The highest BCUT2D eigenvalue weighted by atomic mass is 16.5. The third kappa shape index (κ3) is 6.71. The van der Waals surface area contributed by atoms with Gasteiger partial charge in [0.05, 0.1) is 47.7 Å². The van der Waals surface area contributed by atoms with Crippen LogP contribution >= 0.6 is 0 Å². The molecular weight excluding hydrogens is 484 g/mol. The lowest BCUT2D eigenvalue weighted by Gasteiger charge is -2.23. The molecule has 0 radical (unpaired) electrons. The second-order valence-electron chi connectivity index (χ2n) is 8.77. The summed E-state index contributed by atoms with van der Waals surface area (Å²) in [5.74, 6) is 2.57. The number of rotatable bonds is 14. The topological polar surface area (TPSA) is 72.5 Å². The van der Waals surface area contributed by atoms with Crippen molar-refractivity contribution in [3.8, 4) is 28.7 Å². The van der Waals surface area contributed by atoms with Crippen LogP contribution in [0.15, 0.2) is 48.5 Å². The van der Waals surface area contributed by atoms with E-state index in [0.29, 0.717) is 61.5 Å². The number of hydrogen-bond donors (Lipinski definition) is 0. The summed E-state index contributed by atoms with van der Waals surface area (Å²) < 4.78 is 33.9. The highest BCUT2D eigenvalue weighted by Gasteiger charge is 2.30. The molecule has 0 saturated carbocycles. The molecule has 0 aliphatic heterocycles. The Morgan fingerprint density at radius 3 is 1.50 bits per heavy atom. The van der Waals surface area contributed by atoms with Gasteiger partial charge in [0.25, 0.3) is 0 Å². The summed E-state index contributed by atoms with van der Waals surface area (Å²) in [7, 11) is 8.01. The number of esters is 1. The zero-order valence-corrected chi connectivity index (χ0v) is 23.2. The molecule has 3 aromatic rings. The molecule has 7 nitrogen and oxygen atoms in total. The summed E-state index contributed by atoms with van der Waals surface area (Å²) in [6.45, 7) is 2.29. The van der Waals surface area contributed by atoms with E-state index >= 15 is 0 Å². The van der Waals surface area contributed by atoms with Crippen LogP contribution in [0.5, 0.6) is 28.7 Å². The monoisotopic (exact) mass is 522 g/mol. The SMILES string of the molecule is CCCOC(=O)c1c(CCc2cccc(OC)c2)c(OC)c(OC)c(OC)c1CCc1cccc(OC)c1. The number of ether oxygens (including phenoxy) is 6. The third-order valence-corrected chi connectivity index (χ3v) is 6.41. The normalized spacial score (nSPS) is 10.6. The van der Waals surface area contributed by atoms with Crippen molar-refractivity contribution in [2.75, 3.05) is 42.2 Å². The fourth-order valence-corrected chi connectivity index (χ4v) is 4.59. The molecular formula is C31H38O7. The Balaban J connectivity index is 2.14. The largest absolute Gasteiger partial charge is 0.497 e. The number of benzene rings is 3. The van der Waals surface area contributed by atoms with E-state index in [2.05, 4.69) is 0 Å². The van der Waals surface area contributed by atoms with Crippen LogP contribution in [0.4, 0.5) is 0 Å². The molecule has 0 aliphatic carbocycles. The van der Waals surface area contributed by atoms with Crippen molar-refractivity contribution in [2.45, 2.75) is 39.0 Å². The van der Waals surface area contributed by atoms with Gasteiger partial charge in [0.2, 0.25) is 5.75 Å². The Morgan fingerprint density at radius 2 is 1.11 bits per heavy atom. The van der Waals surface area contributed by atoms with Gasteiger partial charge in [0, 0.05) is 11.1 Å². The van der Waals surface area contributed by atoms with E-state index in [1.54, 1.807) is 35.5 Å². The molecule has 3 aromatic carbocycles. The number of carbonyl (C=O) groups is 1. The summed E-state index contributed by atoms with van der Waals surface area (Å²) in [5.41, 5.74) is 4.09. The molecule has 0 atom stereocenters. The second kappa shape index (κ2) is 14.2. The van der Waals surface area contributed by atoms with Crippen LogP contribution in [-0.4, -0.2) is 48.1 Å². The Labute approximate surface area is 225 Å². The predicted octanol–water partition coefficient (Wildman–Crippen LogP) is 5.87. The van der Waals surface area contributed by atoms with Gasteiger partial charge in [-0.1, -0.05) is 31.2 Å². The molecule has 0 amide bonds. The average Bonchev–Trinajstić information content (AvgIpc) is 2.96. The van der Waals surface area contributed by atoms with Crippen LogP contribution in [0.1, 0.15) is 46.0 Å². The van der Waals surface area contributed by atoms with E-state index in [4.69, 9.17) is 28.4 Å². The molecule has 0 unspecified atom stereocenters. The van der Waals surface area contributed by atoms with Crippen molar-refractivity contribution < 1.29 is 33.2 Å². The minimum absolute atomic E-state index is 0.320. The van der Waals surface area contributed by atoms with Crippen LogP contribution in [0, 0.1) is 0 Å². The van der Waals surface area contributed by atoms with Gasteiger partial charge in [-0.2, -0.15) is 0 Å². The minimum Gasteiger partial charge on any atom is -0.497 e. The van der Waals surface area contributed by atoms with Gasteiger partial charge >= 0.3 is 5.97 Å². The van der Waals surface area contributed by atoms with Gasteiger partial charge in [-0.15, -0.1) is 0 Å². The first kappa shape index (κ1) is 28.7. The maximum atomic E-state index is 13.6. The molecule has 0 aliphatic rings. The van der Waals surface area contributed by atoms with E-state index < -0.39 is 5.97 Å². The highest BCUT2D eigenvalue weighted by molar-refractivity contribution is 5.96. The van der Waals surface area contributed by atoms with Crippen LogP contribution < -0.4 is 23.7 Å². The van der Waals surface area contributed by atoms with Crippen molar-refractivity contribution in [3.63, 3.8) is 0 Å². The Kier molecular flexibility index (Phi) is 10.7. The fourth-order valence-electron chi connectivity index (χ4n) is 4.59. The first-order valence-corrected chi connectivity index (χ1v) is 12.8. The van der Waals surface area contributed by atoms with E-state index in [0.717, 1.165) is 33.8 Å². The summed E-state index contributed by atoms with van der Waals surface area (Å²) in [4.78, 5) is 13.6. The summed E-state index contributed by atoms with van der Waals surface area (Å²) in [5, 5.41) is 0. The van der Waals surface area contributed by atoms with Gasteiger partial charge in [-0.25, -0.2) is 4.79 Å². The molecule has 204 valence electrons. The summed E-state index contributed by atoms with van der Waals surface area (Å²) in [6.07, 6.45) is 3.09. The molecule has 3 rings (SSSR count). The van der Waals surface area contributed by atoms with Gasteiger partial charge in [0.1, 0.15) is 11.5 Å². The first-order chi connectivity index (χ1) is 18.5. The fraction of sp³-hybridized carbons (Fsp3) is 0.387. The van der Waals surface area contributed by atoms with Gasteiger partial charge in [0.15, 0.2) is 11.5 Å². The van der Waals surface area contributed by atoms with E-state index in [-0.39, 0.29) is 0 Å². The molecule has 7 heteroatoms. The lowest BCUT2D eigenvalue weighted by atomic mass is 9.90. The molecule has 38 heavy (non-hydrogen) atoms. The quantitative estimate of drug-likeness (QED) is 0.245. The summed E-state index contributed by atoms with van der Waals surface area (Å²) in [6, 6.07) is 15.8. The number of carbonyl (C=O) groups excluding carboxylic acids is 1. The molecule has 0 saturated heterocycles. The van der Waals surface area contributed by atoms with E-state index in [1.807, 2.05) is 55.5 Å². The number of aryl methyl sites for hydroxylation is 2. The van der Waals surface area contributed by atoms with Crippen molar-refractivity contribution in [1.82, 2.24) is 0 Å². The maximum Gasteiger partial charge on any atom is 0.338 e. The zero-order chi connectivity index (χ0) is 27.5. The highest BCUT2D eigenvalue weighted by Crippen LogP contribution is 2.46. The third-order valence-electron chi connectivity index (χ3n) is 6.41. The zero-order valence-electron chi connectivity index (χ0n) is 23.2. The van der Waals surface area contributed by atoms with E-state index in [1.165, 1.54) is 0 Å². The molecule has 0 heterocycles. The van der Waals surface area contributed by atoms with Crippen molar-refractivity contribution >= 4 is 5.97 Å². The van der Waals surface area contributed by atoms with Gasteiger partial charge < -0.3 is 28.4 Å². The van der Waals surface area contributed by atoms with Crippen LogP contribution in [0.25, 0.3) is 0 Å². The number of methoxy groups -OCH3 is 5. The molecule has 0 aromatic heterocycles. The van der Waals surface area contributed by atoms with Crippen molar-refractivity contribution in [1.29, 1.82) is 0 Å². The molecule has 0 bridgehead atoms. The Hall–Kier alpha value is -3.87. The standard InChI is InChI=1S/C31H38O7/c1-7-18-38-31(32)27-25(16-14-21-10-8-12-23(19-21)33-2)28(35-4)30(37-6)29(36-5)26(27)17-15-22-11-9-13-24(20-22)34-3/h8-13,19-20H,7,14-18H2,1-6H3. The summed E-state index contributed by atoms with van der Waals surface area (Å²) >= 11 is 0. The second-order valence-corrected chi connectivity index (χ2v) is 8.77. The lowest BCUT2D eigenvalue weighted by Crippen LogP contribution is -2.17. The first-order valence-electron chi connectivity index (χ1n) is 12.8. The van der Waals surface area contributed by atoms with Crippen molar-refractivity contribution in [2.24, 2.45) is 0 Å². The van der Waals surface area contributed by atoms with Gasteiger partial charge in [-0.3, -0.25) is 0 Å².